The average Bonchev–Trinajstić information content (AvgIpc) is 2.27. The van der Waals surface area contributed by atoms with Crippen LogP contribution in [0.3, 0.4) is 0 Å². The Hall–Kier alpha value is -1.43. The smallest absolute Gasteiger partial charge is 0.168 e. The molecule has 0 spiro atoms. The number of nitrogen functional groups attached to an aromatic ring is 1. The fourth-order valence-corrected chi connectivity index (χ4v) is 1.63. The van der Waals surface area contributed by atoms with Crippen molar-refractivity contribution in [2.75, 3.05) is 24.3 Å². The monoisotopic (exact) mass is 229 g/mol. The van der Waals surface area contributed by atoms with Crippen LogP contribution in [-0.2, 0) is 4.74 Å². The highest BCUT2D eigenvalue weighted by molar-refractivity contribution is 5.45. The Morgan fingerprint density at radius 2 is 2.25 bits per heavy atom. The van der Waals surface area contributed by atoms with Crippen LogP contribution in [0.15, 0.2) is 6.07 Å². The van der Waals surface area contributed by atoms with Crippen molar-refractivity contribution in [3.05, 3.63) is 17.7 Å². The van der Waals surface area contributed by atoms with E-state index in [0.29, 0.717) is 6.61 Å². The summed E-state index contributed by atoms with van der Waals surface area (Å²) in [5.74, 6) is -1.91. The van der Waals surface area contributed by atoms with Gasteiger partial charge in [-0.3, -0.25) is 0 Å². The highest BCUT2D eigenvalue weighted by Gasteiger charge is 2.17. The summed E-state index contributed by atoms with van der Waals surface area (Å²) in [5, 5.41) is 2.86. The zero-order valence-electron chi connectivity index (χ0n) is 8.67. The molecule has 0 radical (unpaired) electrons. The van der Waals surface area contributed by atoms with Crippen molar-refractivity contribution in [3.8, 4) is 0 Å². The molecule has 88 valence electrons. The van der Waals surface area contributed by atoms with E-state index in [2.05, 4.69) is 10.3 Å². The molecule has 6 heteroatoms. The summed E-state index contributed by atoms with van der Waals surface area (Å²) >= 11 is 0. The zero-order chi connectivity index (χ0) is 11.5. The molecule has 1 atom stereocenters. The number of ether oxygens (including phenoxy) is 1. The van der Waals surface area contributed by atoms with Crippen LogP contribution in [0, 0.1) is 11.6 Å². The maximum atomic E-state index is 13.3. The molecule has 3 N–H and O–H groups in total. The summed E-state index contributed by atoms with van der Waals surface area (Å²) in [4.78, 5) is 3.63. The fraction of sp³-hybridized carbons (Fsp3) is 0.500. The van der Waals surface area contributed by atoms with Gasteiger partial charge in [0.15, 0.2) is 23.3 Å². The molecule has 1 saturated heterocycles. The molecule has 1 aliphatic rings. The second-order valence-electron chi connectivity index (χ2n) is 3.74. The second kappa shape index (κ2) is 4.61. The van der Waals surface area contributed by atoms with Gasteiger partial charge in [-0.1, -0.05) is 0 Å². The average molecular weight is 229 g/mol. The van der Waals surface area contributed by atoms with Crippen molar-refractivity contribution in [1.82, 2.24) is 4.98 Å². The van der Waals surface area contributed by atoms with Crippen LogP contribution in [0.4, 0.5) is 20.4 Å². The number of nitrogens with zero attached hydrogens (tertiary/aromatic N) is 1. The van der Waals surface area contributed by atoms with E-state index in [1.54, 1.807) is 0 Å². The topological polar surface area (TPSA) is 60.2 Å². The lowest BCUT2D eigenvalue weighted by Crippen LogP contribution is -2.30. The van der Waals surface area contributed by atoms with Gasteiger partial charge in [0.05, 0.1) is 12.6 Å². The van der Waals surface area contributed by atoms with Gasteiger partial charge >= 0.3 is 0 Å². The maximum absolute atomic E-state index is 13.3. The van der Waals surface area contributed by atoms with Gasteiger partial charge in [-0.05, 0) is 12.8 Å². The van der Waals surface area contributed by atoms with E-state index >= 15 is 0 Å². The van der Waals surface area contributed by atoms with Gasteiger partial charge in [0.25, 0.3) is 0 Å². The van der Waals surface area contributed by atoms with Crippen LogP contribution < -0.4 is 11.1 Å². The van der Waals surface area contributed by atoms with Gasteiger partial charge in [-0.15, -0.1) is 0 Å². The molecule has 1 unspecified atom stereocenters. The first-order valence-electron chi connectivity index (χ1n) is 5.12. The van der Waals surface area contributed by atoms with Gasteiger partial charge < -0.3 is 15.8 Å². The van der Waals surface area contributed by atoms with E-state index < -0.39 is 11.6 Å². The van der Waals surface area contributed by atoms with Crippen molar-refractivity contribution in [2.45, 2.75) is 18.9 Å². The Morgan fingerprint density at radius 3 is 2.94 bits per heavy atom. The highest BCUT2D eigenvalue weighted by atomic mass is 19.1. The number of nitrogens with one attached hydrogen (secondary N) is 1. The lowest BCUT2D eigenvalue weighted by atomic mass is 10.1. The number of hydrogen-bond donors (Lipinski definition) is 2. The molecule has 1 aliphatic heterocycles. The molecule has 1 fully saturated rings. The zero-order valence-corrected chi connectivity index (χ0v) is 8.67. The highest BCUT2D eigenvalue weighted by Crippen LogP contribution is 2.19. The third-order valence-electron chi connectivity index (χ3n) is 2.46. The Labute approximate surface area is 91.8 Å². The first kappa shape index (κ1) is 11.1. The number of aromatic nitrogens is 1. The number of pyridine rings is 1. The van der Waals surface area contributed by atoms with Crippen LogP contribution >= 0.6 is 0 Å². The Bertz CT molecular complexity index is 381. The van der Waals surface area contributed by atoms with E-state index in [1.807, 2.05) is 0 Å². The van der Waals surface area contributed by atoms with Crippen LogP contribution in [0.2, 0.25) is 0 Å². The van der Waals surface area contributed by atoms with Crippen molar-refractivity contribution in [1.29, 1.82) is 0 Å². The summed E-state index contributed by atoms with van der Waals surface area (Å²) in [6.45, 7) is 1.22. The fourth-order valence-electron chi connectivity index (χ4n) is 1.63. The molecule has 0 aliphatic carbocycles. The van der Waals surface area contributed by atoms with Crippen molar-refractivity contribution in [3.63, 3.8) is 0 Å². The maximum Gasteiger partial charge on any atom is 0.168 e. The summed E-state index contributed by atoms with van der Waals surface area (Å²) in [5.41, 5.74) is 5.27. The molecule has 1 aromatic heterocycles. The van der Waals surface area contributed by atoms with Crippen molar-refractivity contribution >= 4 is 11.6 Å². The minimum absolute atomic E-state index is 0.000566. The molecule has 1 aromatic rings. The molecule has 16 heavy (non-hydrogen) atoms. The van der Waals surface area contributed by atoms with Crippen LogP contribution in [0.5, 0.6) is 0 Å². The van der Waals surface area contributed by atoms with Gasteiger partial charge in [-0.25, -0.2) is 13.8 Å². The van der Waals surface area contributed by atoms with E-state index in [4.69, 9.17) is 10.5 Å². The largest absolute Gasteiger partial charge is 0.381 e. The van der Waals surface area contributed by atoms with Crippen LogP contribution in [0.25, 0.3) is 0 Å². The molecular formula is C10H13F2N3O. The third-order valence-corrected chi connectivity index (χ3v) is 2.46. The molecule has 0 saturated carbocycles. The molecule has 4 nitrogen and oxygen atoms in total. The van der Waals surface area contributed by atoms with Gasteiger partial charge in [0, 0.05) is 12.7 Å². The van der Waals surface area contributed by atoms with E-state index in [9.17, 15) is 8.78 Å². The van der Waals surface area contributed by atoms with Crippen molar-refractivity contribution < 1.29 is 13.5 Å². The van der Waals surface area contributed by atoms with Gasteiger partial charge in [0.1, 0.15) is 0 Å². The van der Waals surface area contributed by atoms with Crippen LogP contribution in [0.1, 0.15) is 12.8 Å². The number of nitrogens with two attached hydrogens (primary N) is 1. The number of anilines is 2. The molecular weight excluding hydrogens is 216 g/mol. The van der Waals surface area contributed by atoms with Gasteiger partial charge in [0.2, 0.25) is 0 Å². The first-order valence-corrected chi connectivity index (χ1v) is 5.12. The third kappa shape index (κ3) is 2.38. The van der Waals surface area contributed by atoms with Gasteiger partial charge in [-0.2, -0.15) is 0 Å². The minimum atomic E-state index is -0.844. The quantitative estimate of drug-likeness (QED) is 0.807. The lowest BCUT2D eigenvalue weighted by Gasteiger charge is -2.23. The molecule has 0 amide bonds. The standard InChI is InChI=1S/C10H13F2N3O/c11-7-4-8(12)10(15-9(7)13)14-6-2-1-3-16-5-6/h4,6H,1-3,5H2,(H3,13,14,15). The predicted octanol–water partition coefficient (Wildman–Crippen LogP) is 1.53. The van der Waals surface area contributed by atoms with E-state index in [0.717, 1.165) is 25.5 Å². The summed E-state index contributed by atoms with van der Waals surface area (Å²) in [6.07, 6.45) is 1.79. The molecule has 0 aromatic carbocycles. The summed E-state index contributed by atoms with van der Waals surface area (Å²) in [7, 11) is 0. The second-order valence-corrected chi connectivity index (χ2v) is 3.74. The van der Waals surface area contributed by atoms with E-state index in [-0.39, 0.29) is 17.7 Å². The molecule has 0 bridgehead atoms. The normalized spacial score (nSPS) is 20.8. The van der Waals surface area contributed by atoms with E-state index in [1.165, 1.54) is 0 Å². The molecule has 2 heterocycles. The lowest BCUT2D eigenvalue weighted by molar-refractivity contribution is 0.0874. The Kier molecular flexibility index (Phi) is 3.19. The number of rotatable bonds is 2. The SMILES string of the molecule is Nc1nc(NC2CCCOC2)c(F)cc1F. The summed E-state index contributed by atoms with van der Waals surface area (Å²) < 4.78 is 31.4. The molecule has 2 rings (SSSR count). The Morgan fingerprint density at radius 1 is 1.44 bits per heavy atom. The van der Waals surface area contributed by atoms with Crippen LogP contribution in [-0.4, -0.2) is 24.2 Å². The Balaban J connectivity index is 2.11. The minimum Gasteiger partial charge on any atom is -0.381 e. The number of hydrogen-bond acceptors (Lipinski definition) is 4. The predicted molar refractivity (Wildman–Crippen MR) is 56.0 cm³/mol. The summed E-state index contributed by atoms with van der Waals surface area (Å²) in [6, 6.07) is 0.731. The van der Waals surface area contributed by atoms with Crippen molar-refractivity contribution in [2.24, 2.45) is 0 Å². The first-order chi connectivity index (χ1) is 7.66. The number of halogens is 2.